The Morgan fingerprint density at radius 2 is 2.50 bits per heavy atom. The van der Waals surface area contributed by atoms with Crippen molar-refractivity contribution in [1.29, 1.82) is 0 Å². The van der Waals surface area contributed by atoms with E-state index in [4.69, 9.17) is 3.07 Å². The molecule has 5 heteroatoms. The van der Waals surface area contributed by atoms with E-state index in [1.807, 2.05) is 0 Å². The summed E-state index contributed by atoms with van der Waals surface area (Å²) in [6.07, 6.45) is 0.616. The molecule has 0 radical (unpaired) electrons. The van der Waals surface area contributed by atoms with E-state index in [2.05, 4.69) is 22.8 Å². The molecule has 2 N–H and O–H groups in total. The molecule has 0 fully saturated rings. The van der Waals surface area contributed by atoms with Crippen LogP contribution < -0.4 is 5.32 Å². The predicted octanol–water partition coefficient (Wildman–Crippen LogP) is 1.61. The van der Waals surface area contributed by atoms with Crippen molar-refractivity contribution in [2.24, 2.45) is 0 Å². The highest BCUT2D eigenvalue weighted by molar-refractivity contribution is 14.1. The fraction of sp³-hybridized carbons (Fsp3) is 0.556. The van der Waals surface area contributed by atoms with Crippen molar-refractivity contribution in [2.45, 2.75) is 12.5 Å². The summed E-state index contributed by atoms with van der Waals surface area (Å²) >= 11 is 3.55. The Morgan fingerprint density at radius 3 is 3.14 bits per heavy atom. The van der Waals surface area contributed by atoms with Crippen molar-refractivity contribution >= 4 is 34.3 Å². The summed E-state index contributed by atoms with van der Waals surface area (Å²) in [5.41, 5.74) is 0. The standard InChI is InChI=1S/C9H14INO2S/c10-13-7-8(12)6-11-4-3-9-2-1-5-14-9/h1-2,5,8,11-12H,3-4,6-7H2. The van der Waals surface area contributed by atoms with Gasteiger partial charge in [0.05, 0.1) is 12.7 Å². The van der Waals surface area contributed by atoms with Crippen molar-refractivity contribution in [3.05, 3.63) is 22.4 Å². The minimum Gasteiger partial charge on any atom is -0.389 e. The van der Waals surface area contributed by atoms with Crippen molar-refractivity contribution < 1.29 is 8.17 Å². The quantitative estimate of drug-likeness (QED) is 0.591. The number of nitrogens with one attached hydrogen (secondary N) is 1. The van der Waals surface area contributed by atoms with Crippen molar-refractivity contribution in [3.8, 4) is 0 Å². The molecule has 0 aliphatic carbocycles. The summed E-state index contributed by atoms with van der Waals surface area (Å²) in [4.78, 5) is 1.37. The third-order valence-electron chi connectivity index (χ3n) is 1.76. The number of halogens is 1. The van der Waals surface area contributed by atoms with E-state index in [0.717, 1.165) is 13.0 Å². The largest absolute Gasteiger partial charge is 0.389 e. The average molecular weight is 327 g/mol. The van der Waals surface area contributed by atoms with Gasteiger partial charge in [-0.2, -0.15) is 0 Å². The van der Waals surface area contributed by atoms with Crippen LogP contribution in [0.2, 0.25) is 0 Å². The highest BCUT2D eigenvalue weighted by Crippen LogP contribution is 2.07. The first-order valence-electron chi connectivity index (χ1n) is 4.47. The van der Waals surface area contributed by atoms with E-state index in [1.165, 1.54) is 4.88 Å². The number of hydrogen-bond acceptors (Lipinski definition) is 4. The zero-order valence-corrected chi connectivity index (χ0v) is 10.8. The van der Waals surface area contributed by atoms with E-state index >= 15 is 0 Å². The maximum atomic E-state index is 9.32. The number of hydrogen-bond donors (Lipinski definition) is 2. The van der Waals surface area contributed by atoms with E-state index in [-0.39, 0.29) is 0 Å². The van der Waals surface area contributed by atoms with Crippen LogP contribution in [0.15, 0.2) is 17.5 Å². The number of aliphatic hydroxyl groups is 1. The maximum Gasteiger partial charge on any atom is 0.109 e. The molecule has 0 bridgehead atoms. The molecule has 0 saturated carbocycles. The van der Waals surface area contributed by atoms with Gasteiger partial charge in [-0.05, 0) is 17.9 Å². The Hall–Kier alpha value is 0.310. The maximum absolute atomic E-state index is 9.32. The fourth-order valence-corrected chi connectivity index (χ4v) is 2.19. The lowest BCUT2D eigenvalue weighted by atomic mass is 10.3. The van der Waals surface area contributed by atoms with Crippen LogP contribution in [0.4, 0.5) is 0 Å². The summed E-state index contributed by atoms with van der Waals surface area (Å²) in [5, 5.41) is 14.6. The molecule has 3 nitrogen and oxygen atoms in total. The van der Waals surface area contributed by atoms with Gasteiger partial charge < -0.3 is 13.5 Å². The lowest BCUT2D eigenvalue weighted by Gasteiger charge is -2.09. The molecular formula is C9H14INO2S. The van der Waals surface area contributed by atoms with Gasteiger partial charge in [0.2, 0.25) is 0 Å². The summed E-state index contributed by atoms with van der Waals surface area (Å²) in [6.45, 7) is 1.87. The molecule has 0 saturated heterocycles. The van der Waals surface area contributed by atoms with E-state index in [1.54, 1.807) is 34.3 Å². The van der Waals surface area contributed by atoms with Gasteiger partial charge in [-0.25, -0.2) is 0 Å². The molecule has 0 spiro atoms. The van der Waals surface area contributed by atoms with E-state index in [0.29, 0.717) is 13.2 Å². The van der Waals surface area contributed by atoms with Crippen LogP contribution in [-0.2, 0) is 9.49 Å². The second-order valence-corrected chi connectivity index (χ2v) is 4.62. The summed E-state index contributed by atoms with van der Waals surface area (Å²) in [5.74, 6) is 0. The summed E-state index contributed by atoms with van der Waals surface area (Å²) in [7, 11) is 0. The minimum atomic E-state index is -0.407. The molecule has 14 heavy (non-hydrogen) atoms. The van der Waals surface area contributed by atoms with Crippen LogP contribution in [0.3, 0.4) is 0 Å². The SMILES string of the molecule is OC(CNCCc1cccs1)COI. The van der Waals surface area contributed by atoms with E-state index < -0.39 is 6.10 Å². The first-order valence-corrected chi connectivity index (χ1v) is 6.23. The van der Waals surface area contributed by atoms with Crippen LogP contribution in [-0.4, -0.2) is 30.9 Å². The van der Waals surface area contributed by atoms with Crippen molar-refractivity contribution in [3.63, 3.8) is 0 Å². The van der Waals surface area contributed by atoms with Gasteiger partial charge in [-0.3, -0.25) is 0 Å². The molecule has 1 unspecified atom stereocenters. The number of rotatable bonds is 7. The van der Waals surface area contributed by atoms with Crippen molar-refractivity contribution in [2.75, 3.05) is 19.7 Å². The van der Waals surface area contributed by atoms with E-state index in [9.17, 15) is 5.11 Å². The van der Waals surface area contributed by atoms with Gasteiger partial charge in [-0.15, -0.1) is 11.3 Å². The summed E-state index contributed by atoms with van der Waals surface area (Å²) in [6, 6.07) is 4.18. The number of aliphatic hydroxyl groups excluding tert-OH is 1. The Bertz CT molecular complexity index is 231. The number of thiophene rings is 1. The molecular weight excluding hydrogens is 313 g/mol. The Morgan fingerprint density at radius 1 is 1.64 bits per heavy atom. The molecule has 1 atom stereocenters. The van der Waals surface area contributed by atoms with Gasteiger partial charge in [0.15, 0.2) is 0 Å². The Balaban J connectivity index is 1.99. The molecule has 0 amide bonds. The molecule has 1 heterocycles. The van der Waals surface area contributed by atoms with Crippen molar-refractivity contribution in [1.82, 2.24) is 5.32 Å². The molecule has 80 valence electrons. The second kappa shape index (κ2) is 7.58. The predicted molar refractivity (Wildman–Crippen MR) is 66.9 cm³/mol. The topological polar surface area (TPSA) is 41.5 Å². The zero-order chi connectivity index (χ0) is 10.2. The smallest absolute Gasteiger partial charge is 0.109 e. The van der Waals surface area contributed by atoms with Crippen LogP contribution in [0, 0.1) is 0 Å². The first kappa shape index (κ1) is 12.4. The van der Waals surface area contributed by atoms with Gasteiger partial charge >= 0.3 is 0 Å². The zero-order valence-electron chi connectivity index (χ0n) is 7.78. The monoisotopic (exact) mass is 327 g/mol. The van der Waals surface area contributed by atoms with Crippen LogP contribution in [0.25, 0.3) is 0 Å². The molecule has 1 rings (SSSR count). The normalized spacial score (nSPS) is 13.0. The van der Waals surface area contributed by atoms with Crippen LogP contribution >= 0.6 is 34.3 Å². The van der Waals surface area contributed by atoms with Gasteiger partial charge in [0.25, 0.3) is 0 Å². The third-order valence-corrected chi connectivity index (χ3v) is 3.06. The second-order valence-electron chi connectivity index (χ2n) is 2.96. The molecule has 0 aliphatic rings. The molecule has 0 aromatic carbocycles. The lowest BCUT2D eigenvalue weighted by Crippen LogP contribution is -2.30. The average Bonchev–Trinajstić information content (AvgIpc) is 2.65. The highest BCUT2D eigenvalue weighted by atomic mass is 127. The highest BCUT2D eigenvalue weighted by Gasteiger charge is 2.02. The molecule has 1 aromatic heterocycles. The van der Waals surface area contributed by atoms with Crippen LogP contribution in [0.5, 0.6) is 0 Å². The minimum absolute atomic E-state index is 0.382. The van der Waals surface area contributed by atoms with Gasteiger partial charge in [-0.1, -0.05) is 6.07 Å². The van der Waals surface area contributed by atoms with Gasteiger partial charge in [0.1, 0.15) is 23.0 Å². The third kappa shape index (κ3) is 5.26. The fourth-order valence-electron chi connectivity index (χ4n) is 1.07. The Kier molecular flexibility index (Phi) is 6.70. The lowest BCUT2D eigenvalue weighted by molar-refractivity contribution is 0.127. The summed E-state index contributed by atoms with van der Waals surface area (Å²) < 4.78 is 4.79. The van der Waals surface area contributed by atoms with Gasteiger partial charge in [0, 0.05) is 18.0 Å². The molecule has 1 aromatic rings. The first-order chi connectivity index (χ1) is 6.83. The van der Waals surface area contributed by atoms with Crippen LogP contribution in [0.1, 0.15) is 4.88 Å². The molecule has 0 aliphatic heterocycles. The Labute approximate surface area is 102 Å².